The number of aliphatic hydroxyl groups excluding tert-OH is 1. The first kappa shape index (κ1) is 11.4. The maximum Gasteiger partial charge on any atom is 0.0695 e. The highest BCUT2D eigenvalue weighted by molar-refractivity contribution is 4.88. The maximum absolute atomic E-state index is 9.99. The molecule has 0 amide bonds. The van der Waals surface area contributed by atoms with E-state index < -0.39 is 5.60 Å². The van der Waals surface area contributed by atoms with E-state index in [0.29, 0.717) is 6.04 Å². The summed E-state index contributed by atoms with van der Waals surface area (Å²) in [5.41, 5.74) is -0.488. The van der Waals surface area contributed by atoms with Gasteiger partial charge in [-0.3, -0.25) is 4.90 Å². The quantitative estimate of drug-likeness (QED) is 0.686. The van der Waals surface area contributed by atoms with Gasteiger partial charge in [0.15, 0.2) is 0 Å². The summed E-state index contributed by atoms with van der Waals surface area (Å²) in [4.78, 5) is 2.39. The molecule has 3 unspecified atom stereocenters. The van der Waals surface area contributed by atoms with Crippen LogP contribution in [0.25, 0.3) is 0 Å². The molecule has 1 aliphatic heterocycles. The van der Waals surface area contributed by atoms with Crippen LogP contribution in [0.2, 0.25) is 0 Å². The molecule has 1 saturated heterocycles. The van der Waals surface area contributed by atoms with E-state index in [1.807, 2.05) is 6.92 Å². The molecule has 1 saturated carbocycles. The van der Waals surface area contributed by atoms with Gasteiger partial charge in [0, 0.05) is 12.6 Å². The van der Waals surface area contributed by atoms with Gasteiger partial charge >= 0.3 is 0 Å². The van der Waals surface area contributed by atoms with E-state index in [4.69, 9.17) is 0 Å². The molecule has 2 aliphatic rings. The second kappa shape index (κ2) is 4.40. The molecular formula is C12H23NO2. The third-order valence-corrected chi connectivity index (χ3v) is 4.01. The van der Waals surface area contributed by atoms with Gasteiger partial charge in [-0.2, -0.15) is 0 Å². The van der Waals surface area contributed by atoms with Crippen molar-refractivity contribution in [3.63, 3.8) is 0 Å². The molecule has 2 fully saturated rings. The van der Waals surface area contributed by atoms with Crippen molar-refractivity contribution in [2.24, 2.45) is 0 Å². The van der Waals surface area contributed by atoms with Crippen molar-refractivity contribution < 1.29 is 10.2 Å². The SMILES string of the molecule is CC1(O)CCCN(C2CCCC2O)CC1. The summed E-state index contributed by atoms with van der Waals surface area (Å²) < 4.78 is 0. The molecule has 0 aromatic carbocycles. The van der Waals surface area contributed by atoms with Crippen molar-refractivity contribution >= 4 is 0 Å². The van der Waals surface area contributed by atoms with E-state index in [2.05, 4.69) is 4.90 Å². The van der Waals surface area contributed by atoms with Gasteiger partial charge in [0.2, 0.25) is 0 Å². The lowest BCUT2D eigenvalue weighted by Gasteiger charge is -2.30. The average Bonchev–Trinajstić information content (AvgIpc) is 2.49. The molecule has 0 aromatic rings. The van der Waals surface area contributed by atoms with Gasteiger partial charge in [-0.15, -0.1) is 0 Å². The van der Waals surface area contributed by atoms with Gasteiger partial charge in [-0.25, -0.2) is 0 Å². The van der Waals surface area contributed by atoms with Gasteiger partial charge in [0.25, 0.3) is 0 Å². The molecule has 0 aromatic heterocycles. The summed E-state index contributed by atoms with van der Waals surface area (Å²) in [7, 11) is 0. The molecule has 0 radical (unpaired) electrons. The monoisotopic (exact) mass is 213 g/mol. The number of likely N-dealkylation sites (tertiary alicyclic amines) is 1. The van der Waals surface area contributed by atoms with E-state index in [0.717, 1.165) is 51.6 Å². The third kappa shape index (κ3) is 2.71. The Bertz CT molecular complexity index is 218. The Hall–Kier alpha value is -0.120. The zero-order chi connectivity index (χ0) is 10.9. The Morgan fingerprint density at radius 1 is 1.13 bits per heavy atom. The van der Waals surface area contributed by atoms with E-state index in [-0.39, 0.29) is 6.10 Å². The van der Waals surface area contributed by atoms with Gasteiger partial charge in [0.1, 0.15) is 0 Å². The molecule has 3 nitrogen and oxygen atoms in total. The van der Waals surface area contributed by atoms with Crippen molar-refractivity contribution in [3.8, 4) is 0 Å². The Labute approximate surface area is 92.1 Å². The molecule has 15 heavy (non-hydrogen) atoms. The lowest BCUT2D eigenvalue weighted by molar-refractivity contribution is 0.0356. The average molecular weight is 213 g/mol. The maximum atomic E-state index is 9.99. The van der Waals surface area contributed by atoms with E-state index in [1.54, 1.807) is 0 Å². The molecule has 0 bridgehead atoms. The van der Waals surface area contributed by atoms with Crippen LogP contribution in [-0.4, -0.2) is 45.9 Å². The first-order chi connectivity index (χ1) is 7.08. The van der Waals surface area contributed by atoms with Crippen molar-refractivity contribution in [1.82, 2.24) is 4.90 Å². The minimum Gasteiger partial charge on any atom is -0.391 e. The molecule has 2 rings (SSSR count). The van der Waals surface area contributed by atoms with E-state index in [1.165, 1.54) is 0 Å². The van der Waals surface area contributed by atoms with Crippen LogP contribution in [0.1, 0.15) is 45.4 Å². The van der Waals surface area contributed by atoms with Crippen LogP contribution < -0.4 is 0 Å². The van der Waals surface area contributed by atoms with Crippen molar-refractivity contribution in [1.29, 1.82) is 0 Å². The van der Waals surface area contributed by atoms with Crippen LogP contribution in [0.3, 0.4) is 0 Å². The summed E-state index contributed by atoms with van der Waals surface area (Å²) in [6, 6.07) is 0.360. The summed E-state index contributed by atoms with van der Waals surface area (Å²) in [5.74, 6) is 0. The molecule has 1 aliphatic carbocycles. The number of nitrogens with zero attached hydrogens (tertiary/aromatic N) is 1. The second-order valence-electron chi connectivity index (χ2n) is 5.45. The first-order valence-corrected chi connectivity index (χ1v) is 6.23. The summed E-state index contributed by atoms with van der Waals surface area (Å²) in [6.45, 7) is 3.91. The molecular weight excluding hydrogens is 190 g/mol. The largest absolute Gasteiger partial charge is 0.391 e. The fourth-order valence-electron chi connectivity index (χ4n) is 2.96. The molecule has 3 heteroatoms. The second-order valence-corrected chi connectivity index (χ2v) is 5.45. The van der Waals surface area contributed by atoms with Crippen LogP contribution >= 0.6 is 0 Å². The lowest BCUT2D eigenvalue weighted by Crippen LogP contribution is -2.41. The molecule has 88 valence electrons. The Morgan fingerprint density at radius 3 is 2.60 bits per heavy atom. The van der Waals surface area contributed by atoms with Gasteiger partial charge in [0.05, 0.1) is 11.7 Å². The summed E-state index contributed by atoms with van der Waals surface area (Å²) in [5, 5.41) is 19.9. The van der Waals surface area contributed by atoms with Crippen molar-refractivity contribution in [2.75, 3.05) is 13.1 Å². The highest BCUT2D eigenvalue weighted by Crippen LogP contribution is 2.28. The molecule has 3 atom stereocenters. The fourth-order valence-corrected chi connectivity index (χ4v) is 2.96. The van der Waals surface area contributed by atoms with Crippen molar-refractivity contribution in [2.45, 2.75) is 63.2 Å². The zero-order valence-electron chi connectivity index (χ0n) is 9.65. The molecule has 0 spiro atoms. The predicted molar refractivity (Wildman–Crippen MR) is 59.7 cm³/mol. The smallest absolute Gasteiger partial charge is 0.0695 e. The van der Waals surface area contributed by atoms with Crippen LogP contribution in [0.4, 0.5) is 0 Å². The lowest BCUT2D eigenvalue weighted by atomic mass is 9.98. The molecule has 1 heterocycles. The van der Waals surface area contributed by atoms with Crippen LogP contribution in [0, 0.1) is 0 Å². The highest BCUT2D eigenvalue weighted by Gasteiger charge is 2.33. The normalized spacial score (nSPS) is 44.2. The summed E-state index contributed by atoms with van der Waals surface area (Å²) >= 11 is 0. The van der Waals surface area contributed by atoms with Crippen LogP contribution in [0.5, 0.6) is 0 Å². The number of hydrogen-bond acceptors (Lipinski definition) is 3. The Balaban J connectivity index is 1.93. The third-order valence-electron chi connectivity index (χ3n) is 4.01. The van der Waals surface area contributed by atoms with Gasteiger partial charge < -0.3 is 10.2 Å². The predicted octanol–water partition coefficient (Wildman–Crippen LogP) is 1.14. The minimum absolute atomic E-state index is 0.131. The van der Waals surface area contributed by atoms with E-state index in [9.17, 15) is 10.2 Å². The van der Waals surface area contributed by atoms with Crippen LogP contribution in [-0.2, 0) is 0 Å². The van der Waals surface area contributed by atoms with Gasteiger partial charge in [-0.1, -0.05) is 0 Å². The van der Waals surface area contributed by atoms with E-state index >= 15 is 0 Å². The minimum atomic E-state index is -0.488. The van der Waals surface area contributed by atoms with Crippen molar-refractivity contribution in [3.05, 3.63) is 0 Å². The zero-order valence-corrected chi connectivity index (χ0v) is 9.65. The Kier molecular flexibility index (Phi) is 3.33. The summed E-state index contributed by atoms with van der Waals surface area (Å²) in [6.07, 6.45) is 5.89. The fraction of sp³-hybridized carbons (Fsp3) is 1.00. The highest BCUT2D eigenvalue weighted by atomic mass is 16.3. The van der Waals surface area contributed by atoms with Gasteiger partial charge in [-0.05, 0) is 52.0 Å². The Morgan fingerprint density at radius 2 is 1.93 bits per heavy atom. The molecule has 2 N–H and O–H groups in total. The number of aliphatic hydroxyl groups is 2. The standard InChI is InChI=1S/C12H23NO2/c1-12(15)6-3-8-13(9-7-12)10-4-2-5-11(10)14/h10-11,14-15H,2-9H2,1H3. The topological polar surface area (TPSA) is 43.7 Å². The van der Waals surface area contributed by atoms with Crippen LogP contribution in [0.15, 0.2) is 0 Å². The first-order valence-electron chi connectivity index (χ1n) is 6.23. The number of rotatable bonds is 1. The number of hydrogen-bond donors (Lipinski definition) is 2.